The maximum Gasteiger partial charge on any atom is 0.0708 e. The van der Waals surface area contributed by atoms with Gasteiger partial charge in [-0.15, -0.1) is 0 Å². The summed E-state index contributed by atoms with van der Waals surface area (Å²) in [5, 5.41) is 1.21. The van der Waals surface area contributed by atoms with Gasteiger partial charge in [-0.25, -0.2) is 0 Å². The van der Waals surface area contributed by atoms with Crippen LogP contribution in [0.25, 0.3) is 22.0 Å². The van der Waals surface area contributed by atoms with E-state index in [0.29, 0.717) is 0 Å². The molecule has 0 amide bonds. The maximum absolute atomic E-state index is 4.38. The summed E-state index contributed by atoms with van der Waals surface area (Å²) in [5.41, 5.74) is 4.82. The van der Waals surface area contributed by atoms with Gasteiger partial charge in [-0.1, -0.05) is 48.0 Å². The van der Waals surface area contributed by atoms with Crippen molar-refractivity contribution in [2.24, 2.45) is 0 Å². The summed E-state index contributed by atoms with van der Waals surface area (Å²) in [6.45, 7) is 2.11. The van der Waals surface area contributed by atoms with Crippen LogP contribution in [0.1, 0.15) is 5.56 Å². The molecule has 1 heteroatoms. The quantitative estimate of drug-likeness (QED) is 0.597. The molecule has 0 aliphatic heterocycles. The van der Waals surface area contributed by atoms with Crippen LogP contribution in [0.5, 0.6) is 0 Å². The van der Waals surface area contributed by atoms with Gasteiger partial charge >= 0.3 is 0 Å². The second-order valence-corrected chi connectivity index (χ2v) is 4.24. The van der Waals surface area contributed by atoms with Gasteiger partial charge in [0.1, 0.15) is 0 Å². The largest absolute Gasteiger partial charge is 0.256 e. The van der Waals surface area contributed by atoms with Gasteiger partial charge in [-0.3, -0.25) is 4.98 Å². The fraction of sp³-hybridized carbons (Fsp3) is 0.0625. The Balaban J connectivity index is 2.27. The second-order valence-electron chi connectivity index (χ2n) is 4.24. The van der Waals surface area contributed by atoms with E-state index in [2.05, 4.69) is 54.4 Å². The maximum atomic E-state index is 4.38. The highest BCUT2D eigenvalue weighted by Crippen LogP contribution is 2.27. The fourth-order valence-electron chi connectivity index (χ4n) is 2.09. The number of hydrogen-bond acceptors (Lipinski definition) is 1. The van der Waals surface area contributed by atoms with Crippen LogP contribution in [0, 0.1) is 6.92 Å². The second kappa shape index (κ2) is 4.02. The number of rotatable bonds is 1. The molecule has 0 fully saturated rings. The first-order chi connectivity index (χ1) is 8.34. The lowest BCUT2D eigenvalue weighted by atomic mass is 10.00. The minimum atomic E-state index is 1.05. The molecule has 17 heavy (non-hydrogen) atoms. The Hall–Kier alpha value is -2.15. The van der Waals surface area contributed by atoms with Crippen LogP contribution in [-0.4, -0.2) is 4.98 Å². The van der Waals surface area contributed by atoms with Crippen molar-refractivity contribution < 1.29 is 0 Å². The standard InChI is InChI=1S/C16H13N/c1-12-7-9-13(10-8-12)14-4-2-6-16-15(14)5-3-11-17-16/h2-11H,1H3. The summed E-state index contributed by atoms with van der Waals surface area (Å²) in [4.78, 5) is 4.38. The molecule has 0 saturated carbocycles. The van der Waals surface area contributed by atoms with Gasteiger partial charge in [0.15, 0.2) is 0 Å². The number of pyridine rings is 1. The van der Waals surface area contributed by atoms with Crippen molar-refractivity contribution in [3.8, 4) is 11.1 Å². The molecule has 0 aliphatic rings. The first-order valence-electron chi connectivity index (χ1n) is 5.75. The predicted molar refractivity (Wildman–Crippen MR) is 71.9 cm³/mol. The lowest BCUT2D eigenvalue weighted by Crippen LogP contribution is -1.83. The highest BCUT2D eigenvalue weighted by atomic mass is 14.6. The zero-order chi connectivity index (χ0) is 11.7. The summed E-state index contributed by atoms with van der Waals surface area (Å²) in [5.74, 6) is 0. The molecule has 3 rings (SSSR count). The molecular weight excluding hydrogens is 206 g/mol. The molecule has 0 N–H and O–H groups in total. The zero-order valence-corrected chi connectivity index (χ0v) is 9.72. The van der Waals surface area contributed by atoms with E-state index in [4.69, 9.17) is 0 Å². The van der Waals surface area contributed by atoms with Crippen LogP contribution in [-0.2, 0) is 0 Å². The first-order valence-corrected chi connectivity index (χ1v) is 5.75. The average Bonchev–Trinajstić information content (AvgIpc) is 2.39. The van der Waals surface area contributed by atoms with E-state index < -0.39 is 0 Å². The highest BCUT2D eigenvalue weighted by molar-refractivity contribution is 5.94. The lowest BCUT2D eigenvalue weighted by molar-refractivity contribution is 1.41. The van der Waals surface area contributed by atoms with Gasteiger partial charge in [-0.05, 0) is 30.2 Å². The van der Waals surface area contributed by atoms with E-state index in [1.54, 1.807) is 0 Å². The topological polar surface area (TPSA) is 12.9 Å². The molecule has 0 bridgehead atoms. The Kier molecular flexibility index (Phi) is 2.37. The molecular formula is C16H13N. The van der Waals surface area contributed by atoms with Crippen LogP contribution in [0.2, 0.25) is 0 Å². The molecule has 3 aromatic rings. The van der Waals surface area contributed by atoms with E-state index in [9.17, 15) is 0 Å². The van der Waals surface area contributed by atoms with Crippen molar-refractivity contribution in [2.75, 3.05) is 0 Å². The van der Waals surface area contributed by atoms with E-state index in [0.717, 1.165) is 5.52 Å². The Labute approximate surface area is 101 Å². The molecule has 0 atom stereocenters. The SMILES string of the molecule is Cc1ccc(-c2cccc3ncccc23)cc1. The van der Waals surface area contributed by atoms with E-state index in [1.807, 2.05) is 18.3 Å². The fourth-order valence-corrected chi connectivity index (χ4v) is 2.09. The number of aromatic nitrogens is 1. The van der Waals surface area contributed by atoms with E-state index >= 15 is 0 Å². The number of nitrogens with zero attached hydrogens (tertiary/aromatic N) is 1. The molecule has 1 nitrogen and oxygen atoms in total. The Bertz CT molecular complexity index is 648. The lowest BCUT2D eigenvalue weighted by Gasteiger charge is -2.06. The Morgan fingerprint density at radius 3 is 2.47 bits per heavy atom. The van der Waals surface area contributed by atoms with Crippen LogP contribution in [0.15, 0.2) is 60.8 Å². The smallest absolute Gasteiger partial charge is 0.0708 e. The van der Waals surface area contributed by atoms with Crippen LogP contribution < -0.4 is 0 Å². The van der Waals surface area contributed by atoms with E-state index in [-0.39, 0.29) is 0 Å². The van der Waals surface area contributed by atoms with Crippen molar-refractivity contribution in [1.29, 1.82) is 0 Å². The molecule has 0 radical (unpaired) electrons. The predicted octanol–water partition coefficient (Wildman–Crippen LogP) is 4.21. The van der Waals surface area contributed by atoms with Gasteiger partial charge < -0.3 is 0 Å². The number of benzene rings is 2. The van der Waals surface area contributed by atoms with Crippen molar-refractivity contribution in [2.45, 2.75) is 6.92 Å². The summed E-state index contributed by atoms with van der Waals surface area (Å²) in [6.07, 6.45) is 1.83. The zero-order valence-electron chi connectivity index (χ0n) is 9.72. The van der Waals surface area contributed by atoms with Crippen molar-refractivity contribution in [3.63, 3.8) is 0 Å². The molecule has 1 aromatic heterocycles. The Morgan fingerprint density at radius 1 is 0.824 bits per heavy atom. The van der Waals surface area contributed by atoms with Gasteiger partial charge in [0.25, 0.3) is 0 Å². The third kappa shape index (κ3) is 1.80. The van der Waals surface area contributed by atoms with Crippen molar-refractivity contribution in [3.05, 3.63) is 66.4 Å². The highest BCUT2D eigenvalue weighted by Gasteiger charge is 2.02. The molecule has 0 unspecified atom stereocenters. The normalized spacial score (nSPS) is 10.6. The van der Waals surface area contributed by atoms with Crippen molar-refractivity contribution >= 4 is 10.9 Å². The average molecular weight is 219 g/mol. The summed E-state index contributed by atoms with van der Waals surface area (Å²) in [6, 6.07) is 19.0. The number of hydrogen-bond donors (Lipinski definition) is 0. The van der Waals surface area contributed by atoms with Crippen LogP contribution in [0.3, 0.4) is 0 Å². The molecule has 0 saturated heterocycles. The van der Waals surface area contributed by atoms with Gasteiger partial charge in [0.2, 0.25) is 0 Å². The van der Waals surface area contributed by atoms with Gasteiger partial charge in [0.05, 0.1) is 5.52 Å². The minimum absolute atomic E-state index is 1.05. The third-order valence-electron chi connectivity index (χ3n) is 3.01. The van der Waals surface area contributed by atoms with Gasteiger partial charge in [0, 0.05) is 11.6 Å². The Morgan fingerprint density at radius 2 is 1.65 bits per heavy atom. The van der Waals surface area contributed by atoms with Crippen LogP contribution >= 0.6 is 0 Å². The van der Waals surface area contributed by atoms with Gasteiger partial charge in [-0.2, -0.15) is 0 Å². The molecule has 1 heterocycles. The number of fused-ring (bicyclic) bond motifs is 1. The number of aryl methyl sites for hydroxylation is 1. The molecule has 0 spiro atoms. The molecule has 82 valence electrons. The molecule has 2 aromatic carbocycles. The summed E-state index contributed by atoms with van der Waals surface area (Å²) < 4.78 is 0. The summed E-state index contributed by atoms with van der Waals surface area (Å²) in [7, 11) is 0. The monoisotopic (exact) mass is 219 g/mol. The van der Waals surface area contributed by atoms with E-state index in [1.165, 1.54) is 22.1 Å². The van der Waals surface area contributed by atoms with Crippen LogP contribution in [0.4, 0.5) is 0 Å². The molecule has 0 aliphatic carbocycles. The third-order valence-corrected chi connectivity index (χ3v) is 3.01. The van der Waals surface area contributed by atoms with Crippen molar-refractivity contribution in [1.82, 2.24) is 4.98 Å². The summed E-state index contributed by atoms with van der Waals surface area (Å²) >= 11 is 0. The minimum Gasteiger partial charge on any atom is -0.256 e. The first kappa shape index (κ1) is 10.0.